The van der Waals surface area contributed by atoms with Gasteiger partial charge in [0.05, 0.1) is 17.9 Å². The van der Waals surface area contributed by atoms with Crippen LogP contribution in [-0.2, 0) is 4.74 Å². The van der Waals surface area contributed by atoms with Gasteiger partial charge >= 0.3 is 0 Å². The van der Waals surface area contributed by atoms with Crippen LogP contribution < -0.4 is 10.2 Å². The molecule has 32 heavy (non-hydrogen) atoms. The van der Waals surface area contributed by atoms with Crippen molar-refractivity contribution in [3.63, 3.8) is 0 Å². The molecule has 7 nitrogen and oxygen atoms in total. The molecule has 0 radical (unpaired) electrons. The first-order valence-electron chi connectivity index (χ1n) is 11.4. The Kier molecular flexibility index (Phi) is 6.60. The van der Waals surface area contributed by atoms with E-state index in [1.165, 1.54) is 6.08 Å². The number of carbonyl (C=O) groups is 1. The molecule has 172 valence electrons. The Morgan fingerprint density at radius 1 is 1.38 bits per heavy atom. The highest BCUT2D eigenvalue weighted by Crippen LogP contribution is 2.29. The number of nitrogens with one attached hydrogen (secondary N) is 1. The van der Waals surface area contributed by atoms with E-state index in [-0.39, 0.29) is 29.5 Å². The van der Waals surface area contributed by atoms with Gasteiger partial charge in [-0.2, -0.15) is 0 Å². The van der Waals surface area contributed by atoms with Crippen LogP contribution in [0.15, 0.2) is 42.4 Å². The number of amides is 1. The van der Waals surface area contributed by atoms with Crippen molar-refractivity contribution in [2.45, 2.75) is 70.6 Å². The Morgan fingerprint density at radius 2 is 2.22 bits per heavy atom. The summed E-state index contributed by atoms with van der Waals surface area (Å²) in [5.74, 6) is 0.337. The van der Waals surface area contributed by atoms with Crippen LogP contribution in [0.1, 0.15) is 63.4 Å². The first-order valence-corrected chi connectivity index (χ1v) is 11.4. The normalized spacial score (nSPS) is 23.5. The fourth-order valence-corrected chi connectivity index (χ4v) is 4.55. The summed E-state index contributed by atoms with van der Waals surface area (Å²) in [6.07, 6.45) is 10.9. The fourth-order valence-electron chi connectivity index (χ4n) is 4.55. The van der Waals surface area contributed by atoms with Gasteiger partial charge in [0.2, 0.25) is 0 Å². The van der Waals surface area contributed by atoms with E-state index in [1.54, 1.807) is 29.8 Å². The smallest absolute Gasteiger partial charge is 0.271 e. The van der Waals surface area contributed by atoms with Crippen LogP contribution in [0.5, 0.6) is 0 Å². The third kappa shape index (κ3) is 5.01. The van der Waals surface area contributed by atoms with Gasteiger partial charge in [-0.1, -0.05) is 6.08 Å². The number of allylic oxidation sites excluding steroid dienone is 3. The summed E-state index contributed by atoms with van der Waals surface area (Å²) in [5.41, 5.74) is 0.882. The van der Waals surface area contributed by atoms with Gasteiger partial charge < -0.3 is 15.0 Å². The summed E-state index contributed by atoms with van der Waals surface area (Å²) >= 11 is 0. The maximum absolute atomic E-state index is 13.8. The molecule has 2 aromatic rings. The van der Waals surface area contributed by atoms with E-state index in [9.17, 15) is 9.18 Å². The predicted molar refractivity (Wildman–Crippen MR) is 122 cm³/mol. The average Bonchev–Trinajstić information content (AvgIpc) is 3.48. The molecule has 0 aliphatic carbocycles. The van der Waals surface area contributed by atoms with Gasteiger partial charge in [0.15, 0.2) is 11.3 Å². The third-order valence-corrected chi connectivity index (χ3v) is 6.21. The topological polar surface area (TPSA) is 71.8 Å². The Bertz CT molecular complexity index is 1030. The molecule has 2 atom stereocenters. The van der Waals surface area contributed by atoms with Gasteiger partial charge in [-0.05, 0) is 77.2 Å². The number of hydrogen-bond acceptors (Lipinski definition) is 5. The van der Waals surface area contributed by atoms with Crippen molar-refractivity contribution in [3.8, 4) is 0 Å². The van der Waals surface area contributed by atoms with Gasteiger partial charge in [-0.15, -0.1) is 5.10 Å². The maximum Gasteiger partial charge on any atom is 0.271 e. The average molecular weight is 442 g/mol. The lowest BCUT2D eigenvalue weighted by Crippen LogP contribution is -2.34. The standard InChI is InChI=1S/C24H32FN5O2/c1-4-6-17(25)8-9-18-7-5-14-29(18)22-11-10-21-26-16-20(30(21)28-22)23(31)27-15-19-12-13-24(2,3)32-19/h4,6,8,10-11,16,18-19H,5,7,9,12-15H2,1-3H3,(H,27,31). The van der Waals surface area contributed by atoms with Crippen molar-refractivity contribution < 1.29 is 13.9 Å². The molecule has 1 amide bonds. The van der Waals surface area contributed by atoms with Crippen LogP contribution in [0.25, 0.3) is 5.65 Å². The van der Waals surface area contributed by atoms with E-state index in [4.69, 9.17) is 9.84 Å². The largest absolute Gasteiger partial charge is 0.371 e. The monoisotopic (exact) mass is 441 g/mol. The number of carbonyl (C=O) groups excluding carboxylic acids is 1. The molecule has 4 rings (SSSR count). The minimum absolute atomic E-state index is 0.0259. The molecule has 0 saturated carbocycles. The van der Waals surface area contributed by atoms with Crippen LogP contribution >= 0.6 is 0 Å². The van der Waals surface area contributed by atoms with Gasteiger partial charge in [0, 0.05) is 19.1 Å². The Morgan fingerprint density at radius 3 is 2.97 bits per heavy atom. The van der Waals surface area contributed by atoms with E-state index < -0.39 is 0 Å². The van der Waals surface area contributed by atoms with Gasteiger partial charge in [0.25, 0.3) is 5.91 Å². The van der Waals surface area contributed by atoms with Crippen LogP contribution in [-0.4, -0.2) is 51.3 Å². The molecule has 8 heteroatoms. The zero-order valence-corrected chi connectivity index (χ0v) is 19.1. The predicted octanol–water partition coefficient (Wildman–Crippen LogP) is 4.21. The van der Waals surface area contributed by atoms with Crippen LogP contribution in [0.2, 0.25) is 0 Å². The molecule has 2 aromatic heterocycles. The van der Waals surface area contributed by atoms with Crippen LogP contribution in [0.3, 0.4) is 0 Å². The van der Waals surface area contributed by atoms with Crippen molar-refractivity contribution in [1.29, 1.82) is 0 Å². The molecule has 0 bridgehead atoms. The lowest BCUT2D eigenvalue weighted by Gasteiger charge is -2.24. The van der Waals surface area contributed by atoms with Crippen molar-refractivity contribution in [2.24, 2.45) is 0 Å². The zero-order chi connectivity index (χ0) is 22.7. The summed E-state index contributed by atoms with van der Waals surface area (Å²) < 4.78 is 21.4. The number of aromatic nitrogens is 3. The summed E-state index contributed by atoms with van der Waals surface area (Å²) in [6, 6.07) is 3.97. The van der Waals surface area contributed by atoms with Crippen molar-refractivity contribution in [2.75, 3.05) is 18.0 Å². The number of hydrogen-bond donors (Lipinski definition) is 1. The lowest BCUT2D eigenvalue weighted by molar-refractivity contribution is -0.0138. The molecule has 2 saturated heterocycles. The van der Waals surface area contributed by atoms with Crippen LogP contribution in [0.4, 0.5) is 10.2 Å². The number of anilines is 1. The Labute approximate surface area is 188 Å². The van der Waals surface area contributed by atoms with Gasteiger partial charge in [-0.25, -0.2) is 13.9 Å². The van der Waals surface area contributed by atoms with E-state index >= 15 is 0 Å². The second-order valence-corrected chi connectivity index (χ2v) is 9.17. The number of ether oxygens (including phenoxy) is 1. The molecule has 2 aliphatic rings. The van der Waals surface area contributed by atoms with E-state index in [0.29, 0.717) is 24.3 Å². The second-order valence-electron chi connectivity index (χ2n) is 9.17. The summed E-state index contributed by atoms with van der Waals surface area (Å²) in [5, 5.41) is 7.68. The quantitative estimate of drug-likeness (QED) is 0.652. The molecule has 2 fully saturated rings. The number of fused-ring (bicyclic) bond motifs is 1. The lowest BCUT2D eigenvalue weighted by atomic mass is 10.1. The minimum Gasteiger partial charge on any atom is -0.371 e. The molecule has 0 spiro atoms. The second kappa shape index (κ2) is 9.40. The van der Waals surface area contributed by atoms with E-state index in [1.807, 2.05) is 12.1 Å². The molecule has 4 heterocycles. The molecular weight excluding hydrogens is 409 g/mol. The number of nitrogens with zero attached hydrogens (tertiary/aromatic N) is 4. The fraction of sp³-hybridized carbons (Fsp3) is 0.542. The zero-order valence-electron chi connectivity index (χ0n) is 19.1. The summed E-state index contributed by atoms with van der Waals surface area (Å²) in [7, 11) is 0. The minimum atomic E-state index is -0.218. The number of rotatable bonds is 7. The highest BCUT2D eigenvalue weighted by molar-refractivity contribution is 5.93. The van der Waals surface area contributed by atoms with E-state index in [2.05, 4.69) is 29.0 Å². The molecule has 0 aromatic carbocycles. The highest BCUT2D eigenvalue weighted by Gasteiger charge is 2.32. The molecular formula is C24H32FN5O2. The molecule has 1 N–H and O–H groups in total. The van der Waals surface area contributed by atoms with Crippen LogP contribution in [0, 0.1) is 0 Å². The molecule has 2 unspecified atom stereocenters. The van der Waals surface area contributed by atoms with E-state index in [0.717, 1.165) is 38.0 Å². The van der Waals surface area contributed by atoms with Crippen molar-refractivity contribution in [3.05, 3.63) is 48.1 Å². The third-order valence-electron chi connectivity index (χ3n) is 6.21. The number of imidazole rings is 1. The summed E-state index contributed by atoms with van der Waals surface area (Å²) in [4.78, 5) is 19.4. The summed E-state index contributed by atoms with van der Waals surface area (Å²) in [6.45, 7) is 7.26. The first kappa shape index (κ1) is 22.5. The Hall–Kier alpha value is -2.74. The number of halogens is 1. The van der Waals surface area contributed by atoms with Gasteiger partial charge in [-0.3, -0.25) is 4.79 Å². The van der Waals surface area contributed by atoms with Gasteiger partial charge in [0.1, 0.15) is 11.6 Å². The Balaban J connectivity index is 1.47. The first-order chi connectivity index (χ1) is 15.4. The van der Waals surface area contributed by atoms with Crippen molar-refractivity contribution in [1.82, 2.24) is 19.9 Å². The molecule has 2 aliphatic heterocycles. The maximum atomic E-state index is 13.8. The highest BCUT2D eigenvalue weighted by atomic mass is 19.1. The van der Waals surface area contributed by atoms with Crippen molar-refractivity contribution >= 4 is 17.4 Å². The SMILES string of the molecule is CC=CC(F)=CCC1CCCN1c1ccc2ncc(C(=O)NCC3CCC(C)(C)O3)n2n1.